The lowest BCUT2D eigenvalue weighted by atomic mass is 10.1. The van der Waals surface area contributed by atoms with Crippen LogP contribution in [0, 0.1) is 0 Å². The van der Waals surface area contributed by atoms with Gasteiger partial charge in [-0.15, -0.1) is 11.3 Å². The van der Waals surface area contributed by atoms with Crippen LogP contribution in [0.15, 0.2) is 29.6 Å². The van der Waals surface area contributed by atoms with Gasteiger partial charge in [0, 0.05) is 6.42 Å². The predicted octanol–water partition coefficient (Wildman–Crippen LogP) is 3.93. The Morgan fingerprint density at radius 1 is 1.47 bits per heavy atom. The minimum atomic E-state index is -0.0718. The molecule has 0 radical (unpaired) electrons. The second-order valence-corrected chi connectivity index (χ2v) is 5.38. The van der Waals surface area contributed by atoms with Crippen LogP contribution in [0.1, 0.15) is 21.7 Å². The van der Waals surface area contributed by atoms with Gasteiger partial charge >= 0.3 is 0 Å². The van der Waals surface area contributed by atoms with Crippen molar-refractivity contribution in [3.05, 3.63) is 45.1 Å². The van der Waals surface area contributed by atoms with Crippen molar-refractivity contribution >= 4 is 28.7 Å². The first-order valence-electron chi connectivity index (χ1n) is 5.74. The number of hydrogen-bond donors (Lipinski definition) is 1. The minimum absolute atomic E-state index is 0.0718. The number of thiophene rings is 1. The summed E-state index contributed by atoms with van der Waals surface area (Å²) in [5, 5.41) is 11.7. The first kappa shape index (κ1) is 13.9. The Labute approximate surface area is 120 Å². The van der Waals surface area contributed by atoms with Gasteiger partial charge in [-0.2, -0.15) is 0 Å². The Bertz CT molecular complexity index is 579. The molecule has 0 saturated carbocycles. The fourth-order valence-electron chi connectivity index (χ4n) is 1.75. The molecular formula is C14H13ClO3S. The lowest BCUT2D eigenvalue weighted by Crippen LogP contribution is -1.99. The van der Waals surface area contributed by atoms with Crippen molar-refractivity contribution in [1.82, 2.24) is 0 Å². The molecule has 0 spiro atoms. The molecule has 1 aromatic carbocycles. The first-order chi connectivity index (χ1) is 9.11. The Morgan fingerprint density at radius 2 is 2.26 bits per heavy atom. The van der Waals surface area contributed by atoms with E-state index in [9.17, 15) is 9.90 Å². The molecule has 19 heavy (non-hydrogen) atoms. The fourth-order valence-corrected chi connectivity index (χ4v) is 2.67. The SMILES string of the molecule is COc1cc(CCC(=O)c2cccs2)cc(Cl)c1O. The maximum atomic E-state index is 11.9. The van der Waals surface area contributed by atoms with Gasteiger partial charge in [0.2, 0.25) is 0 Å². The Kier molecular flexibility index (Phi) is 4.45. The third kappa shape index (κ3) is 3.28. The molecule has 100 valence electrons. The smallest absolute Gasteiger partial charge is 0.176 e. The molecule has 0 fully saturated rings. The summed E-state index contributed by atoms with van der Waals surface area (Å²) >= 11 is 7.34. The number of rotatable bonds is 5. The van der Waals surface area contributed by atoms with Crippen LogP contribution in [0.25, 0.3) is 0 Å². The number of carbonyl (C=O) groups is 1. The largest absolute Gasteiger partial charge is 0.503 e. The van der Waals surface area contributed by atoms with Gasteiger partial charge in [0.05, 0.1) is 17.0 Å². The summed E-state index contributed by atoms with van der Waals surface area (Å²) in [7, 11) is 1.46. The van der Waals surface area contributed by atoms with Crippen LogP contribution >= 0.6 is 22.9 Å². The highest BCUT2D eigenvalue weighted by Crippen LogP contribution is 2.35. The fraction of sp³-hybridized carbons (Fsp3) is 0.214. The average Bonchev–Trinajstić information content (AvgIpc) is 2.93. The van der Waals surface area contributed by atoms with Crippen LogP contribution in [0.2, 0.25) is 5.02 Å². The quantitative estimate of drug-likeness (QED) is 0.850. The van der Waals surface area contributed by atoms with E-state index in [4.69, 9.17) is 16.3 Å². The van der Waals surface area contributed by atoms with E-state index < -0.39 is 0 Å². The molecule has 0 aliphatic heterocycles. The number of hydrogen-bond acceptors (Lipinski definition) is 4. The molecule has 2 aromatic rings. The monoisotopic (exact) mass is 296 g/mol. The summed E-state index contributed by atoms with van der Waals surface area (Å²) in [6.45, 7) is 0. The van der Waals surface area contributed by atoms with Crippen LogP contribution in [0.4, 0.5) is 0 Å². The average molecular weight is 297 g/mol. The van der Waals surface area contributed by atoms with Gasteiger partial charge in [0.15, 0.2) is 17.3 Å². The Morgan fingerprint density at radius 3 is 2.89 bits per heavy atom. The van der Waals surface area contributed by atoms with Gasteiger partial charge in [-0.3, -0.25) is 4.79 Å². The van der Waals surface area contributed by atoms with E-state index in [0.717, 1.165) is 10.4 Å². The molecule has 1 N–H and O–H groups in total. The lowest BCUT2D eigenvalue weighted by molar-refractivity contribution is 0.0986. The highest BCUT2D eigenvalue weighted by molar-refractivity contribution is 7.12. The summed E-state index contributed by atoms with van der Waals surface area (Å²) < 4.78 is 5.03. The third-order valence-corrected chi connectivity index (χ3v) is 3.94. The topological polar surface area (TPSA) is 46.5 Å². The maximum absolute atomic E-state index is 11.9. The van der Waals surface area contributed by atoms with E-state index in [1.807, 2.05) is 17.5 Å². The molecule has 0 saturated heterocycles. The standard InChI is InChI=1S/C14H13ClO3S/c1-18-12-8-9(7-10(15)14(12)17)4-5-11(16)13-3-2-6-19-13/h2-3,6-8,17H,4-5H2,1H3. The van der Waals surface area contributed by atoms with Crippen LogP contribution < -0.4 is 4.74 Å². The third-order valence-electron chi connectivity index (χ3n) is 2.74. The predicted molar refractivity (Wildman–Crippen MR) is 76.6 cm³/mol. The van der Waals surface area contributed by atoms with Gasteiger partial charge in [0.25, 0.3) is 0 Å². The van der Waals surface area contributed by atoms with Crippen molar-refractivity contribution in [3.8, 4) is 11.5 Å². The first-order valence-corrected chi connectivity index (χ1v) is 6.99. The summed E-state index contributed by atoms with van der Waals surface area (Å²) in [5.74, 6) is 0.363. The number of phenols is 1. The van der Waals surface area contributed by atoms with Crippen molar-refractivity contribution < 1.29 is 14.6 Å². The highest BCUT2D eigenvalue weighted by Gasteiger charge is 2.11. The van der Waals surface area contributed by atoms with Crippen LogP contribution in [-0.2, 0) is 6.42 Å². The molecule has 3 nitrogen and oxygen atoms in total. The lowest BCUT2D eigenvalue weighted by Gasteiger charge is -2.08. The normalized spacial score (nSPS) is 10.4. The zero-order chi connectivity index (χ0) is 13.8. The zero-order valence-corrected chi connectivity index (χ0v) is 11.9. The summed E-state index contributed by atoms with van der Waals surface area (Å²) in [6.07, 6.45) is 0.970. The molecule has 2 rings (SSSR count). The number of Topliss-reactive ketones (excluding diaryl/α,β-unsaturated/α-hetero) is 1. The number of ketones is 1. The van der Waals surface area contributed by atoms with E-state index in [1.54, 1.807) is 12.1 Å². The molecule has 0 unspecified atom stereocenters. The number of benzene rings is 1. The summed E-state index contributed by atoms with van der Waals surface area (Å²) in [4.78, 5) is 12.6. The maximum Gasteiger partial charge on any atom is 0.176 e. The van der Waals surface area contributed by atoms with Gasteiger partial charge in [0.1, 0.15) is 0 Å². The van der Waals surface area contributed by atoms with Crippen molar-refractivity contribution in [2.24, 2.45) is 0 Å². The molecular weight excluding hydrogens is 284 g/mol. The molecule has 0 aliphatic rings. The summed E-state index contributed by atoms with van der Waals surface area (Å²) in [6, 6.07) is 7.03. The van der Waals surface area contributed by atoms with E-state index in [-0.39, 0.29) is 16.6 Å². The molecule has 0 aliphatic carbocycles. The minimum Gasteiger partial charge on any atom is -0.503 e. The van der Waals surface area contributed by atoms with E-state index in [2.05, 4.69) is 0 Å². The van der Waals surface area contributed by atoms with Gasteiger partial charge in [-0.25, -0.2) is 0 Å². The molecule has 0 atom stereocenters. The second kappa shape index (κ2) is 6.08. The van der Waals surface area contributed by atoms with E-state index in [0.29, 0.717) is 18.6 Å². The second-order valence-electron chi connectivity index (χ2n) is 4.03. The van der Waals surface area contributed by atoms with Gasteiger partial charge < -0.3 is 9.84 Å². The molecule has 1 aromatic heterocycles. The van der Waals surface area contributed by atoms with Crippen molar-refractivity contribution in [1.29, 1.82) is 0 Å². The Hall–Kier alpha value is -1.52. The number of methoxy groups -OCH3 is 1. The zero-order valence-electron chi connectivity index (χ0n) is 10.4. The number of aromatic hydroxyl groups is 1. The molecule has 0 amide bonds. The van der Waals surface area contributed by atoms with Gasteiger partial charge in [-0.1, -0.05) is 17.7 Å². The number of phenolic OH excluding ortho intramolecular Hbond substituents is 1. The van der Waals surface area contributed by atoms with Crippen molar-refractivity contribution in [3.63, 3.8) is 0 Å². The molecule has 0 bridgehead atoms. The highest BCUT2D eigenvalue weighted by atomic mass is 35.5. The van der Waals surface area contributed by atoms with E-state index in [1.165, 1.54) is 18.4 Å². The van der Waals surface area contributed by atoms with Gasteiger partial charge in [-0.05, 0) is 35.6 Å². The summed E-state index contributed by atoms with van der Waals surface area (Å²) in [5.41, 5.74) is 0.865. The van der Waals surface area contributed by atoms with Crippen LogP contribution in [0.5, 0.6) is 11.5 Å². The number of halogens is 1. The molecule has 5 heteroatoms. The number of ether oxygens (including phenoxy) is 1. The van der Waals surface area contributed by atoms with Crippen LogP contribution in [0.3, 0.4) is 0 Å². The number of carbonyl (C=O) groups excluding carboxylic acids is 1. The Balaban J connectivity index is 2.08. The van der Waals surface area contributed by atoms with E-state index >= 15 is 0 Å². The molecule has 1 heterocycles. The van der Waals surface area contributed by atoms with Crippen LogP contribution in [-0.4, -0.2) is 18.0 Å². The number of aryl methyl sites for hydroxylation is 1. The van der Waals surface area contributed by atoms with Crippen molar-refractivity contribution in [2.75, 3.05) is 7.11 Å². The van der Waals surface area contributed by atoms with Crippen molar-refractivity contribution in [2.45, 2.75) is 12.8 Å².